The van der Waals surface area contributed by atoms with Crippen molar-refractivity contribution in [3.8, 4) is 10.4 Å². The van der Waals surface area contributed by atoms with E-state index >= 15 is 0 Å². The van der Waals surface area contributed by atoms with Crippen LogP contribution in [0.1, 0.15) is 17.7 Å². The predicted molar refractivity (Wildman–Crippen MR) is 102 cm³/mol. The fourth-order valence-electron chi connectivity index (χ4n) is 3.18. The Kier molecular flexibility index (Phi) is 3.72. The van der Waals surface area contributed by atoms with Gasteiger partial charge in [0.1, 0.15) is 0 Å². The van der Waals surface area contributed by atoms with Gasteiger partial charge >= 0.3 is 0 Å². The lowest BCUT2D eigenvalue weighted by Crippen LogP contribution is -1.89. The third-order valence-corrected chi connectivity index (χ3v) is 7.01. The van der Waals surface area contributed by atoms with Crippen LogP contribution >= 0.6 is 10.5 Å². The van der Waals surface area contributed by atoms with Gasteiger partial charge in [-0.3, -0.25) is 0 Å². The number of fused-ring (bicyclic) bond motifs is 1. The van der Waals surface area contributed by atoms with Crippen molar-refractivity contribution in [2.45, 2.75) is 12.2 Å². The van der Waals surface area contributed by atoms with E-state index < -0.39 is 0 Å². The van der Waals surface area contributed by atoms with E-state index in [1.54, 1.807) is 0 Å². The molecule has 4 rings (SSSR count). The SMILES string of the molecule is CC(c1ccccc1)[s+]1c(-c2ccccc2)cc2ccccc21. The van der Waals surface area contributed by atoms with Crippen LogP contribution in [0.5, 0.6) is 0 Å². The number of thiophene rings is 1. The molecule has 112 valence electrons. The Bertz CT molecular complexity index is 920. The molecule has 0 aliphatic carbocycles. The van der Waals surface area contributed by atoms with E-state index in [9.17, 15) is 0 Å². The molecule has 2 unspecified atom stereocenters. The first-order valence-electron chi connectivity index (χ1n) is 7.99. The van der Waals surface area contributed by atoms with Crippen LogP contribution in [0.2, 0.25) is 0 Å². The van der Waals surface area contributed by atoms with Crippen LogP contribution in [0.3, 0.4) is 0 Å². The summed E-state index contributed by atoms with van der Waals surface area (Å²) in [5, 5.41) is 1.85. The Morgan fingerprint density at radius 3 is 2.04 bits per heavy atom. The maximum atomic E-state index is 2.38. The molecule has 0 aliphatic rings. The van der Waals surface area contributed by atoms with Crippen LogP contribution < -0.4 is 0 Å². The van der Waals surface area contributed by atoms with Crippen molar-refractivity contribution < 1.29 is 0 Å². The second kappa shape index (κ2) is 6.02. The molecule has 0 radical (unpaired) electrons. The Balaban J connectivity index is 1.97. The van der Waals surface area contributed by atoms with Crippen molar-refractivity contribution in [3.63, 3.8) is 0 Å². The lowest BCUT2D eigenvalue weighted by atomic mass is 10.1. The number of benzene rings is 3. The second-order valence-electron chi connectivity index (χ2n) is 5.80. The monoisotopic (exact) mass is 315 g/mol. The minimum absolute atomic E-state index is 0.0744. The first-order chi connectivity index (χ1) is 11.3. The molecule has 0 aliphatic heterocycles. The molecule has 0 amide bonds. The van der Waals surface area contributed by atoms with Gasteiger partial charge < -0.3 is 0 Å². The van der Waals surface area contributed by atoms with Crippen LogP contribution in [0.15, 0.2) is 91.0 Å². The largest absolute Gasteiger partial charge is 0.182 e. The maximum Gasteiger partial charge on any atom is 0.182 e. The van der Waals surface area contributed by atoms with Crippen molar-refractivity contribution in [2.75, 3.05) is 0 Å². The quantitative estimate of drug-likeness (QED) is 0.362. The van der Waals surface area contributed by atoms with Crippen molar-refractivity contribution in [3.05, 3.63) is 96.6 Å². The smallest absolute Gasteiger partial charge is 0.0622 e. The topological polar surface area (TPSA) is 0 Å². The molecule has 1 aromatic heterocycles. The molecule has 0 saturated carbocycles. The summed E-state index contributed by atoms with van der Waals surface area (Å²) in [5.41, 5.74) is 2.75. The third-order valence-electron chi connectivity index (χ3n) is 4.36. The van der Waals surface area contributed by atoms with Crippen molar-refractivity contribution in [2.24, 2.45) is 0 Å². The summed E-state index contributed by atoms with van der Waals surface area (Å²) in [7, 11) is 0.0744. The Labute approximate surface area is 140 Å². The fourth-order valence-corrected chi connectivity index (χ4v) is 5.86. The van der Waals surface area contributed by atoms with E-state index in [0.717, 1.165) is 0 Å². The summed E-state index contributed by atoms with van der Waals surface area (Å²) in [5.74, 6) is 0. The minimum Gasteiger partial charge on any atom is -0.0622 e. The summed E-state index contributed by atoms with van der Waals surface area (Å²) in [4.78, 5) is 1.46. The van der Waals surface area contributed by atoms with Crippen molar-refractivity contribution in [1.29, 1.82) is 0 Å². The highest BCUT2D eigenvalue weighted by Crippen LogP contribution is 2.51. The van der Waals surface area contributed by atoms with Crippen molar-refractivity contribution >= 4 is 20.6 Å². The van der Waals surface area contributed by atoms with Gasteiger partial charge in [0, 0.05) is 33.0 Å². The zero-order valence-electron chi connectivity index (χ0n) is 13.1. The highest BCUT2D eigenvalue weighted by Gasteiger charge is 2.28. The van der Waals surface area contributed by atoms with Crippen LogP contribution in [-0.2, 0) is 0 Å². The lowest BCUT2D eigenvalue weighted by molar-refractivity contribution is 1.09. The number of hydrogen-bond donors (Lipinski definition) is 0. The van der Waals surface area contributed by atoms with Gasteiger partial charge in [0.05, 0.1) is 0 Å². The molecule has 2 atom stereocenters. The summed E-state index contributed by atoms with van der Waals surface area (Å²) >= 11 is 0. The van der Waals surface area contributed by atoms with E-state index in [1.807, 2.05) is 0 Å². The summed E-state index contributed by atoms with van der Waals surface area (Å²) in [6.07, 6.45) is 0. The molecule has 0 saturated heterocycles. The molecule has 0 N–H and O–H groups in total. The highest BCUT2D eigenvalue weighted by atomic mass is 32.2. The molecular weight excluding hydrogens is 296 g/mol. The predicted octanol–water partition coefficient (Wildman–Crippen LogP) is 6.87. The van der Waals surface area contributed by atoms with Gasteiger partial charge in [-0.2, -0.15) is 0 Å². The van der Waals surface area contributed by atoms with Crippen LogP contribution in [-0.4, -0.2) is 0 Å². The van der Waals surface area contributed by atoms with Gasteiger partial charge in [0.2, 0.25) is 0 Å². The summed E-state index contributed by atoms with van der Waals surface area (Å²) < 4.78 is 1.47. The minimum atomic E-state index is 0.0744. The first-order valence-corrected chi connectivity index (χ1v) is 9.27. The van der Waals surface area contributed by atoms with Crippen LogP contribution in [0.4, 0.5) is 0 Å². The average Bonchev–Trinajstić information content (AvgIpc) is 3.02. The van der Waals surface area contributed by atoms with E-state index in [4.69, 9.17) is 0 Å². The molecule has 0 fully saturated rings. The Morgan fingerprint density at radius 2 is 1.30 bits per heavy atom. The summed E-state index contributed by atoms with van der Waals surface area (Å²) in [6.45, 7) is 2.36. The van der Waals surface area contributed by atoms with E-state index in [-0.39, 0.29) is 10.5 Å². The van der Waals surface area contributed by atoms with E-state index in [0.29, 0.717) is 5.25 Å². The fraction of sp³-hybridized carbons (Fsp3) is 0.0909. The van der Waals surface area contributed by atoms with Crippen LogP contribution in [0, 0.1) is 0 Å². The molecule has 1 heterocycles. The molecule has 3 aromatic carbocycles. The maximum absolute atomic E-state index is 2.38. The molecule has 1 heteroatoms. The molecule has 23 heavy (non-hydrogen) atoms. The van der Waals surface area contributed by atoms with Crippen LogP contribution in [0.25, 0.3) is 20.5 Å². The van der Waals surface area contributed by atoms with Gasteiger partial charge in [-0.15, -0.1) is 0 Å². The van der Waals surface area contributed by atoms with Gasteiger partial charge in [-0.25, -0.2) is 0 Å². The average molecular weight is 315 g/mol. The van der Waals surface area contributed by atoms with E-state index in [1.165, 1.54) is 26.1 Å². The highest BCUT2D eigenvalue weighted by molar-refractivity contribution is 7.41. The van der Waals surface area contributed by atoms with Gasteiger partial charge in [0.25, 0.3) is 0 Å². The zero-order chi connectivity index (χ0) is 15.6. The molecular formula is C22H19S+. The Morgan fingerprint density at radius 1 is 0.696 bits per heavy atom. The third kappa shape index (κ3) is 2.58. The molecule has 0 bridgehead atoms. The summed E-state index contributed by atoms with van der Waals surface area (Å²) in [6, 6.07) is 32.9. The Hall–Kier alpha value is -2.38. The molecule has 4 aromatic rings. The zero-order valence-corrected chi connectivity index (χ0v) is 14.0. The standard InChI is InChI=1S/C22H19S/c1-17(18-10-4-2-5-11-18)23-21-15-9-8-14-20(21)16-22(23)19-12-6-3-7-13-19/h2-17H,1H3/q+1. The van der Waals surface area contributed by atoms with Gasteiger partial charge in [-0.05, 0) is 31.2 Å². The molecule has 0 spiro atoms. The van der Waals surface area contributed by atoms with Gasteiger partial charge in [0.15, 0.2) is 14.8 Å². The van der Waals surface area contributed by atoms with E-state index in [2.05, 4.69) is 97.9 Å². The normalized spacial score (nSPS) is 13.2. The molecule has 0 nitrogen and oxygen atoms in total. The number of rotatable bonds is 3. The number of hydrogen-bond acceptors (Lipinski definition) is 0. The van der Waals surface area contributed by atoms with Gasteiger partial charge in [-0.1, -0.05) is 60.7 Å². The first kappa shape index (κ1) is 14.2. The lowest BCUT2D eigenvalue weighted by Gasteiger charge is -2.07. The van der Waals surface area contributed by atoms with Crippen molar-refractivity contribution in [1.82, 2.24) is 0 Å². The second-order valence-corrected chi connectivity index (χ2v) is 8.07.